The summed E-state index contributed by atoms with van der Waals surface area (Å²) in [7, 11) is 3.37. The van der Waals surface area contributed by atoms with Crippen molar-refractivity contribution in [3.63, 3.8) is 0 Å². The fraction of sp³-hybridized carbons (Fsp3) is 0.294. The van der Waals surface area contributed by atoms with Gasteiger partial charge in [-0.1, -0.05) is 27.5 Å². The summed E-state index contributed by atoms with van der Waals surface area (Å²) in [6.45, 7) is 1.61. The van der Waals surface area contributed by atoms with Crippen molar-refractivity contribution in [3.05, 3.63) is 49.3 Å². The minimum atomic E-state index is -0.433. The van der Waals surface area contributed by atoms with Crippen LogP contribution >= 0.6 is 38.9 Å². The first-order valence-corrected chi connectivity index (χ1v) is 9.57. The number of carbonyl (C=O) groups excluding carboxylic acids is 2. The third-order valence-corrected chi connectivity index (χ3v) is 5.99. The Balaban J connectivity index is 1.98. The molecule has 5 nitrogen and oxygen atoms in total. The van der Waals surface area contributed by atoms with Crippen LogP contribution in [-0.2, 0) is 17.7 Å². The van der Waals surface area contributed by atoms with E-state index in [1.165, 1.54) is 18.4 Å². The van der Waals surface area contributed by atoms with Gasteiger partial charge in [-0.3, -0.25) is 4.79 Å². The summed E-state index contributed by atoms with van der Waals surface area (Å²) in [6.07, 6.45) is 0.750. The molecule has 132 valence electrons. The molecule has 3 rings (SSSR count). The van der Waals surface area contributed by atoms with Crippen molar-refractivity contribution in [1.82, 2.24) is 4.90 Å². The second-order valence-electron chi connectivity index (χ2n) is 5.77. The maximum atomic E-state index is 12.7. The number of nitrogens with one attached hydrogen (secondary N) is 1. The average Bonchev–Trinajstić information content (AvgIpc) is 2.93. The van der Waals surface area contributed by atoms with E-state index < -0.39 is 5.97 Å². The number of thiophene rings is 1. The fourth-order valence-electron chi connectivity index (χ4n) is 2.78. The molecule has 0 spiro atoms. The van der Waals surface area contributed by atoms with E-state index in [0.29, 0.717) is 21.2 Å². The molecule has 1 aliphatic rings. The smallest absolute Gasteiger partial charge is 0.341 e. The number of carbonyl (C=O) groups is 2. The molecule has 25 heavy (non-hydrogen) atoms. The van der Waals surface area contributed by atoms with Crippen molar-refractivity contribution in [2.75, 3.05) is 26.0 Å². The number of hydrogen-bond acceptors (Lipinski definition) is 5. The van der Waals surface area contributed by atoms with Crippen LogP contribution in [0.25, 0.3) is 0 Å². The van der Waals surface area contributed by atoms with E-state index in [1.54, 1.807) is 18.2 Å². The number of ether oxygens (including phenoxy) is 1. The Labute approximate surface area is 163 Å². The molecular formula is C17H16BrClN2O3S. The van der Waals surface area contributed by atoms with Gasteiger partial charge in [0.2, 0.25) is 0 Å². The normalized spacial score (nSPS) is 14.1. The lowest BCUT2D eigenvalue weighted by Gasteiger charge is -2.22. The van der Waals surface area contributed by atoms with Crippen molar-refractivity contribution in [2.24, 2.45) is 0 Å². The lowest BCUT2D eigenvalue weighted by atomic mass is 10.0. The van der Waals surface area contributed by atoms with Crippen molar-refractivity contribution in [1.29, 1.82) is 0 Å². The van der Waals surface area contributed by atoms with Crippen LogP contribution in [0.5, 0.6) is 0 Å². The quantitative estimate of drug-likeness (QED) is 0.723. The molecule has 0 saturated carbocycles. The Morgan fingerprint density at radius 3 is 2.88 bits per heavy atom. The van der Waals surface area contributed by atoms with E-state index in [9.17, 15) is 9.59 Å². The summed E-state index contributed by atoms with van der Waals surface area (Å²) in [5.41, 5.74) is 1.76. The van der Waals surface area contributed by atoms with E-state index in [-0.39, 0.29) is 5.91 Å². The first kappa shape index (κ1) is 18.4. The Morgan fingerprint density at radius 1 is 1.40 bits per heavy atom. The number of likely N-dealkylation sites (N-methyl/N-ethyl adjacent to an activating group) is 1. The first-order chi connectivity index (χ1) is 11.9. The highest BCUT2D eigenvalue weighted by Gasteiger charge is 2.28. The number of anilines is 1. The molecule has 0 atom stereocenters. The monoisotopic (exact) mass is 442 g/mol. The maximum Gasteiger partial charge on any atom is 0.341 e. The molecule has 2 heterocycles. The molecule has 0 unspecified atom stereocenters. The van der Waals surface area contributed by atoms with Crippen LogP contribution in [0.15, 0.2) is 22.7 Å². The van der Waals surface area contributed by atoms with Crippen molar-refractivity contribution in [3.8, 4) is 0 Å². The highest BCUT2D eigenvalue weighted by molar-refractivity contribution is 9.10. The van der Waals surface area contributed by atoms with Gasteiger partial charge < -0.3 is 15.0 Å². The lowest BCUT2D eigenvalue weighted by Crippen LogP contribution is -2.26. The summed E-state index contributed by atoms with van der Waals surface area (Å²) in [5.74, 6) is -0.791. The number of hydrogen-bond donors (Lipinski definition) is 1. The van der Waals surface area contributed by atoms with Gasteiger partial charge in [-0.25, -0.2) is 4.79 Å². The van der Waals surface area contributed by atoms with Gasteiger partial charge in [-0.15, -0.1) is 11.3 Å². The first-order valence-electron chi connectivity index (χ1n) is 7.58. The molecule has 1 N–H and O–H groups in total. The molecule has 8 heteroatoms. The number of rotatable bonds is 3. The van der Waals surface area contributed by atoms with Crippen LogP contribution < -0.4 is 5.32 Å². The second-order valence-corrected chi connectivity index (χ2v) is 8.19. The molecule has 1 amide bonds. The van der Waals surface area contributed by atoms with Crippen LogP contribution in [0.3, 0.4) is 0 Å². The molecule has 0 saturated heterocycles. The van der Waals surface area contributed by atoms with Gasteiger partial charge in [-0.05, 0) is 37.2 Å². The van der Waals surface area contributed by atoms with Crippen molar-refractivity contribution < 1.29 is 14.3 Å². The van der Waals surface area contributed by atoms with Crippen molar-refractivity contribution >= 4 is 55.7 Å². The van der Waals surface area contributed by atoms with Crippen molar-refractivity contribution in [2.45, 2.75) is 13.0 Å². The molecule has 1 aliphatic heterocycles. The van der Waals surface area contributed by atoms with E-state index >= 15 is 0 Å². The van der Waals surface area contributed by atoms with Gasteiger partial charge in [0.1, 0.15) is 5.00 Å². The van der Waals surface area contributed by atoms with Crippen LogP contribution in [-0.4, -0.2) is 37.5 Å². The van der Waals surface area contributed by atoms with Gasteiger partial charge in [0, 0.05) is 22.4 Å². The average molecular weight is 444 g/mol. The largest absolute Gasteiger partial charge is 0.465 e. The Morgan fingerprint density at radius 2 is 2.16 bits per heavy atom. The second kappa shape index (κ2) is 7.45. The topological polar surface area (TPSA) is 58.6 Å². The SMILES string of the molecule is COC(=O)c1c(NC(=O)c2cc(Br)ccc2Cl)sc2c1CCN(C)C2. The molecule has 0 fully saturated rings. The third kappa shape index (κ3) is 3.74. The molecule has 0 radical (unpaired) electrons. The standard InChI is InChI=1S/C17H16BrClN2O3S/c1-21-6-5-10-13(8-21)25-16(14(10)17(23)24-2)20-15(22)11-7-9(18)3-4-12(11)19/h3-4,7H,5-6,8H2,1-2H3,(H,20,22). The summed E-state index contributed by atoms with van der Waals surface area (Å²) >= 11 is 10.9. The minimum absolute atomic E-state index is 0.343. The predicted octanol–water partition coefficient (Wildman–Crippen LogP) is 4.19. The fourth-order valence-corrected chi connectivity index (χ4v) is 4.65. The minimum Gasteiger partial charge on any atom is -0.465 e. The zero-order valence-electron chi connectivity index (χ0n) is 13.7. The number of methoxy groups -OCH3 is 1. The summed E-state index contributed by atoms with van der Waals surface area (Å²) in [5, 5.41) is 3.69. The van der Waals surface area contributed by atoms with E-state index in [2.05, 4.69) is 26.1 Å². The van der Waals surface area contributed by atoms with Gasteiger partial charge in [0.25, 0.3) is 5.91 Å². The van der Waals surface area contributed by atoms with Crippen LogP contribution in [0.4, 0.5) is 5.00 Å². The summed E-state index contributed by atoms with van der Waals surface area (Å²) in [4.78, 5) is 28.2. The van der Waals surface area contributed by atoms with E-state index in [4.69, 9.17) is 16.3 Å². The van der Waals surface area contributed by atoms with Gasteiger partial charge in [0.15, 0.2) is 0 Å². The molecule has 1 aromatic heterocycles. The van der Waals surface area contributed by atoms with E-state index in [0.717, 1.165) is 34.4 Å². The molecular weight excluding hydrogens is 428 g/mol. The number of fused-ring (bicyclic) bond motifs is 1. The third-order valence-electron chi connectivity index (χ3n) is 4.04. The number of halogens is 2. The zero-order valence-corrected chi connectivity index (χ0v) is 16.8. The van der Waals surface area contributed by atoms with Crippen LogP contribution in [0, 0.1) is 0 Å². The highest BCUT2D eigenvalue weighted by Crippen LogP contribution is 2.37. The summed E-state index contributed by atoms with van der Waals surface area (Å²) < 4.78 is 5.68. The number of esters is 1. The van der Waals surface area contributed by atoms with Gasteiger partial charge >= 0.3 is 5.97 Å². The molecule has 0 bridgehead atoms. The Bertz CT molecular complexity index is 853. The van der Waals surface area contributed by atoms with Gasteiger partial charge in [-0.2, -0.15) is 0 Å². The number of benzene rings is 1. The summed E-state index contributed by atoms with van der Waals surface area (Å²) in [6, 6.07) is 5.06. The molecule has 0 aliphatic carbocycles. The lowest BCUT2D eigenvalue weighted by molar-refractivity contribution is 0.0600. The molecule has 1 aromatic carbocycles. The Hall–Kier alpha value is -1.41. The predicted molar refractivity (Wildman–Crippen MR) is 103 cm³/mol. The number of nitrogens with zero attached hydrogens (tertiary/aromatic N) is 1. The van der Waals surface area contributed by atoms with Gasteiger partial charge in [0.05, 0.1) is 23.3 Å². The van der Waals surface area contributed by atoms with Crippen LogP contribution in [0.2, 0.25) is 5.02 Å². The highest BCUT2D eigenvalue weighted by atomic mass is 79.9. The number of amides is 1. The van der Waals surface area contributed by atoms with E-state index in [1.807, 2.05) is 7.05 Å². The van der Waals surface area contributed by atoms with Crippen LogP contribution in [0.1, 0.15) is 31.2 Å². The zero-order chi connectivity index (χ0) is 18.1. The Kier molecular flexibility index (Phi) is 5.48. The molecule has 2 aromatic rings. The maximum absolute atomic E-state index is 12.7.